The van der Waals surface area contributed by atoms with Gasteiger partial charge in [0.1, 0.15) is 0 Å². The molecule has 1 aliphatic heterocycles. The van der Waals surface area contributed by atoms with E-state index in [-0.39, 0.29) is 12.1 Å². The molecule has 4 nitrogen and oxygen atoms in total. The number of piperidine rings is 1. The zero-order chi connectivity index (χ0) is 13.6. The minimum Gasteiger partial charge on any atom is -0.394 e. The first kappa shape index (κ1) is 15.9. The summed E-state index contributed by atoms with van der Waals surface area (Å²) in [6.45, 7) is 10.6. The number of hydrogen-bond donors (Lipinski definition) is 2. The van der Waals surface area contributed by atoms with Crippen molar-refractivity contribution in [3.63, 3.8) is 0 Å². The Balaban J connectivity index is 2.49. The fraction of sp³-hybridized carbons (Fsp3) is 1.00. The van der Waals surface area contributed by atoms with Crippen LogP contribution in [0.2, 0.25) is 0 Å². The number of hydrogen-bond acceptors (Lipinski definition) is 4. The van der Waals surface area contributed by atoms with E-state index in [0.29, 0.717) is 12.0 Å². The Morgan fingerprint density at radius 3 is 2.78 bits per heavy atom. The van der Waals surface area contributed by atoms with E-state index in [9.17, 15) is 5.11 Å². The summed E-state index contributed by atoms with van der Waals surface area (Å²) in [5, 5.41) is 13.1. The number of aliphatic hydroxyl groups is 1. The first-order valence-corrected chi connectivity index (χ1v) is 7.15. The van der Waals surface area contributed by atoms with Crippen LogP contribution in [0.15, 0.2) is 0 Å². The topological polar surface area (TPSA) is 44.7 Å². The summed E-state index contributed by atoms with van der Waals surface area (Å²) in [6, 6.07) is 0. The minimum absolute atomic E-state index is 0.177. The van der Waals surface area contributed by atoms with E-state index in [1.807, 2.05) is 0 Å². The molecule has 0 aliphatic carbocycles. The molecule has 1 rings (SSSR count). The summed E-state index contributed by atoms with van der Waals surface area (Å²) in [5.74, 6) is 0.634. The first-order valence-electron chi connectivity index (χ1n) is 7.15. The van der Waals surface area contributed by atoms with Crippen LogP contribution in [0.1, 0.15) is 33.6 Å². The van der Waals surface area contributed by atoms with Crippen molar-refractivity contribution < 1.29 is 9.84 Å². The summed E-state index contributed by atoms with van der Waals surface area (Å²) >= 11 is 0. The fourth-order valence-corrected chi connectivity index (χ4v) is 2.63. The molecule has 18 heavy (non-hydrogen) atoms. The number of aliphatic hydroxyl groups excluding tert-OH is 1. The van der Waals surface area contributed by atoms with Gasteiger partial charge in [0, 0.05) is 20.2 Å². The lowest BCUT2D eigenvalue weighted by Gasteiger charge is -2.41. The van der Waals surface area contributed by atoms with Crippen LogP contribution in [0.5, 0.6) is 0 Å². The molecule has 0 saturated carbocycles. The normalized spacial score (nSPS) is 29.2. The van der Waals surface area contributed by atoms with Gasteiger partial charge in [-0.25, -0.2) is 0 Å². The Hall–Kier alpha value is -0.160. The number of likely N-dealkylation sites (tertiary alicyclic amines) is 1. The van der Waals surface area contributed by atoms with Crippen molar-refractivity contribution in [2.75, 3.05) is 39.9 Å². The molecular formula is C14H30N2O2. The van der Waals surface area contributed by atoms with Crippen LogP contribution >= 0.6 is 0 Å². The number of nitrogens with one attached hydrogen (secondary N) is 1. The Morgan fingerprint density at radius 2 is 2.22 bits per heavy atom. The van der Waals surface area contributed by atoms with E-state index >= 15 is 0 Å². The van der Waals surface area contributed by atoms with Crippen LogP contribution in [0.25, 0.3) is 0 Å². The molecule has 0 aromatic carbocycles. The van der Waals surface area contributed by atoms with Crippen molar-refractivity contribution >= 4 is 0 Å². The summed E-state index contributed by atoms with van der Waals surface area (Å²) in [4.78, 5) is 2.41. The lowest BCUT2D eigenvalue weighted by atomic mass is 9.93. The van der Waals surface area contributed by atoms with Crippen molar-refractivity contribution in [3.8, 4) is 0 Å². The van der Waals surface area contributed by atoms with Gasteiger partial charge in [0.05, 0.1) is 18.2 Å². The standard InChI is InChI=1S/C14H30N2O2/c1-5-7-15-14(3,11-17)10-16-8-6-12(2)13(9-16)18-4/h12-13,15,17H,5-11H2,1-4H3. The zero-order valence-electron chi connectivity index (χ0n) is 12.4. The van der Waals surface area contributed by atoms with Gasteiger partial charge in [-0.1, -0.05) is 13.8 Å². The molecule has 1 aliphatic rings. The second kappa shape index (κ2) is 7.43. The van der Waals surface area contributed by atoms with Crippen molar-refractivity contribution in [1.82, 2.24) is 10.2 Å². The lowest BCUT2D eigenvalue weighted by molar-refractivity contribution is -0.0162. The molecule has 0 spiro atoms. The van der Waals surface area contributed by atoms with Crippen molar-refractivity contribution in [2.24, 2.45) is 5.92 Å². The van der Waals surface area contributed by atoms with Gasteiger partial charge >= 0.3 is 0 Å². The predicted molar refractivity (Wildman–Crippen MR) is 74.8 cm³/mol. The summed E-state index contributed by atoms with van der Waals surface area (Å²) in [6.07, 6.45) is 2.59. The Morgan fingerprint density at radius 1 is 1.50 bits per heavy atom. The van der Waals surface area contributed by atoms with Crippen molar-refractivity contribution in [2.45, 2.75) is 45.3 Å². The zero-order valence-corrected chi connectivity index (χ0v) is 12.4. The number of ether oxygens (including phenoxy) is 1. The second-order valence-corrected chi connectivity index (χ2v) is 5.92. The molecule has 1 heterocycles. The predicted octanol–water partition coefficient (Wildman–Crippen LogP) is 1.09. The summed E-state index contributed by atoms with van der Waals surface area (Å²) in [5.41, 5.74) is -0.200. The lowest BCUT2D eigenvalue weighted by Crippen LogP contribution is -2.57. The highest BCUT2D eigenvalue weighted by atomic mass is 16.5. The molecule has 0 amide bonds. The smallest absolute Gasteiger partial charge is 0.0724 e. The van der Waals surface area contributed by atoms with Crippen molar-refractivity contribution in [3.05, 3.63) is 0 Å². The Kier molecular flexibility index (Phi) is 6.57. The van der Waals surface area contributed by atoms with Gasteiger partial charge in [-0.2, -0.15) is 0 Å². The minimum atomic E-state index is -0.200. The number of nitrogens with zero attached hydrogens (tertiary/aromatic N) is 1. The van der Waals surface area contributed by atoms with E-state index in [4.69, 9.17) is 4.74 Å². The maximum atomic E-state index is 9.60. The van der Waals surface area contributed by atoms with Crippen LogP contribution in [-0.4, -0.2) is 61.5 Å². The van der Waals surface area contributed by atoms with E-state index in [0.717, 1.165) is 32.6 Å². The molecule has 4 heteroatoms. The average Bonchev–Trinajstić information content (AvgIpc) is 2.38. The molecule has 0 aromatic rings. The maximum absolute atomic E-state index is 9.60. The monoisotopic (exact) mass is 258 g/mol. The van der Waals surface area contributed by atoms with Crippen LogP contribution in [0, 0.1) is 5.92 Å². The molecule has 2 N–H and O–H groups in total. The van der Waals surface area contributed by atoms with Crippen molar-refractivity contribution in [1.29, 1.82) is 0 Å². The molecule has 3 atom stereocenters. The third-order valence-corrected chi connectivity index (χ3v) is 4.00. The molecule has 0 radical (unpaired) electrons. The highest BCUT2D eigenvalue weighted by Gasteiger charge is 2.31. The van der Waals surface area contributed by atoms with Gasteiger partial charge in [-0.15, -0.1) is 0 Å². The molecule has 0 aromatic heterocycles. The quantitative estimate of drug-likeness (QED) is 0.717. The van der Waals surface area contributed by atoms with Crippen LogP contribution in [0.4, 0.5) is 0 Å². The van der Waals surface area contributed by atoms with Gasteiger partial charge in [-0.05, 0) is 38.8 Å². The molecule has 3 unspecified atom stereocenters. The largest absolute Gasteiger partial charge is 0.394 e. The SMILES string of the molecule is CCCNC(C)(CO)CN1CCC(C)C(OC)C1. The molecule has 108 valence electrons. The van der Waals surface area contributed by atoms with Crippen LogP contribution in [0.3, 0.4) is 0 Å². The van der Waals surface area contributed by atoms with Gasteiger partial charge in [-0.3, -0.25) is 4.90 Å². The average molecular weight is 258 g/mol. The van der Waals surface area contributed by atoms with Crippen LogP contribution < -0.4 is 5.32 Å². The van der Waals surface area contributed by atoms with E-state index < -0.39 is 0 Å². The van der Waals surface area contributed by atoms with Crippen LogP contribution in [-0.2, 0) is 4.74 Å². The molecule has 0 bridgehead atoms. The molecule has 1 saturated heterocycles. The third-order valence-electron chi connectivity index (χ3n) is 4.00. The molecule has 1 fully saturated rings. The highest BCUT2D eigenvalue weighted by molar-refractivity contribution is 4.89. The van der Waals surface area contributed by atoms with Gasteiger partial charge in [0.15, 0.2) is 0 Å². The fourth-order valence-electron chi connectivity index (χ4n) is 2.63. The van der Waals surface area contributed by atoms with E-state index in [2.05, 4.69) is 31.0 Å². The third kappa shape index (κ3) is 4.50. The number of rotatable bonds is 7. The second-order valence-electron chi connectivity index (χ2n) is 5.92. The van der Waals surface area contributed by atoms with E-state index in [1.165, 1.54) is 6.42 Å². The maximum Gasteiger partial charge on any atom is 0.0724 e. The van der Waals surface area contributed by atoms with Gasteiger partial charge < -0.3 is 15.2 Å². The summed E-state index contributed by atoms with van der Waals surface area (Å²) < 4.78 is 5.54. The first-order chi connectivity index (χ1) is 8.54. The van der Waals surface area contributed by atoms with E-state index in [1.54, 1.807) is 7.11 Å². The Labute approximate surface area is 112 Å². The van der Waals surface area contributed by atoms with Gasteiger partial charge in [0.25, 0.3) is 0 Å². The highest BCUT2D eigenvalue weighted by Crippen LogP contribution is 2.21. The summed E-state index contributed by atoms with van der Waals surface area (Å²) in [7, 11) is 1.80. The number of methoxy groups -OCH3 is 1. The Bertz CT molecular complexity index is 238. The van der Waals surface area contributed by atoms with Gasteiger partial charge in [0.2, 0.25) is 0 Å². The molecular weight excluding hydrogens is 228 g/mol.